The maximum atomic E-state index is 12.9. The van der Waals surface area contributed by atoms with Crippen LogP contribution in [0.1, 0.15) is 39.3 Å². The lowest BCUT2D eigenvalue weighted by molar-refractivity contribution is 0.0949. The Balaban J connectivity index is 1.85. The summed E-state index contributed by atoms with van der Waals surface area (Å²) in [5.74, 6) is 0.388. The normalized spacial score (nSPS) is 14.2. The first-order valence-electron chi connectivity index (χ1n) is 7.55. The van der Waals surface area contributed by atoms with Gasteiger partial charge in [-0.05, 0) is 50.8 Å². The Bertz CT molecular complexity index is 891. The number of nitrogens with two attached hydrogens (primary N) is 1. The number of anilines is 1. The van der Waals surface area contributed by atoms with Gasteiger partial charge in [0.2, 0.25) is 0 Å². The summed E-state index contributed by atoms with van der Waals surface area (Å²) in [4.78, 5) is 14.1. The molecule has 0 unspecified atom stereocenters. The molecule has 0 fully saturated rings. The maximum Gasteiger partial charge on any atom is 0.280 e. The standard InChI is InChI=1S/C17H17N3OS/c1-10-9-13-11(6-4-8-15(13)22-10)17(21)20-16(18)12-5-2-3-7-14(12)19-20/h4,6,8-9H,2-3,5,7,18H2,1H3. The molecule has 2 heterocycles. The van der Waals surface area contributed by atoms with Gasteiger partial charge in [-0.3, -0.25) is 4.79 Å². The molecule has 22 heavy (non-hydrogen) atoms. The Kier molecular flexibility index (Phi) is 3.04. The van der Waals surface area contributed by atoms with Crippen molar-refractivity contribution < 1.29 is 4.79 Å². The van der Waals surface area contributed by atoms with Crippen LogP contribution in [-0.4, -0.2) is 15.7 Å². The van der Waals surface area contributed by atoms with Gasteiger partial charge in [0.05, 0.1) is 11.3 Å². The molecule has 1 aliphatic rings. The predicted molar refractivity (Wildman–Crippen MR) is 89.6 cm³/mol. The van der Waals surface area contributed by atoms with Crippen molar-refractivity contribution in [2.45, 2.75) is 32.6 Å². The van der Waals surface area contributed by atoms with Gasteiger partial charge in [0.25, 0.3) is 5.91 Å². The molecule has 0 amide bonds. The fourth-order valence-electron chi connectivity index (χ4n) is 3.22. The van der Waals surface area contributed by atoms with Crippen molar-refractivity contribution in [1.29, 1.82) is 0 Å². The Morgan fingerprint density at radius 2 is 2.14 bits per heavy atom. The third-order valence-corrected chi connectivity index (χ3v) is 5.32. The topological polar surface area (TPSA) is 60.9 Å². The molecule has 0 aliphatic heterocycles. The SMILES string of the molecule is Cc1cc2c(C(=O)n3nc4c(c3N)CCCC4)cccc2s1. The molecule has 112 valence electrons. The fourth-order valence-corrected chi connectivity index (χ4v) is 4.17. The van der Waals surface area contributed by atoms with Crippen molar-refractivity contribution in [1.82, 2.24) is 9.78 Å². The molecule has 1 aromatic carbocycles. The van der Waals surface area contributed by atoms with Crippen LogP contribution in [0.5, 0.6) is 0 Å². The molecule has 0 saturated carbocycles. The Hall–Kier alpha value is -2.14. The number of hydrogen-bond donors (Lipinski definition) is 1. The lowest BCUT2D eigenvalue weighted by Gasteiger charge is -2.08. The number of fused-ring (bicyclic) bond motifs is 2. The summed E-state index contributed by atoms with van der Waals surface area (Å²) in [6.07, 6.45) is 4.09. The summed E-state index contributed by atoms with van der Waals surface area (Å²) in [6, 6.07) is 7.89. The van der Waals surface area contributed by atoms with Crippen molar-refractivity contribution in [3.63, 3.8) is 0 Å². The van der Waals surface area contributed by atoms with Gasteiger partial charge in [-0.2, -0.15) is 9.78 Å². The van der Waals surface area contributed by atoms with Gasteiger partial charge in [-0.15, -0.1) is 11.3 Å². The third kappa shape index (κ3) is 1.96. The summed E-state index contributed by atoms with van der Waals surface area (Å²) in [7, 11) is 0. The molecule has 0 bridgehead atoms. The summed E-state index contributed by atoms with van der Waals surface area (Å²) in [5, 5.41) is 5.47. The molecule has 0 saturated heterocycles. The smallest absolute Gasteiger partial charge is 0.280 e. The number of rotatable bonds is 1. The van der Waals surface area contributed by atoms with E-state index < -0.39 is 0 Å². The highest BCUT2D eigenvalue weighted by atomic mass is 32.1. The zero-order valence-corrected chi connectivity index (χ0v) is 13.2. The van der Waals surface area contributed by atoms with Crippen molar-refractivity contribution in [3.05, 3.63) is 46.0 Å². The second-order valence-corrected chi connectivity index (χ2v) is 7.10. The van der Waals surface area contributed by atoms with E-state index >= 15 is 0 Å². The Labute approximate surface area is 132 Å². The van der Waals surface area contributed by atoms with E-state index in [1.807, 2.05) is 18.2 Å². The summed E-state index contributed by atoms with van der Waals surface area (Å²) in [5.41, 5.74) is 8.92. The van der Waals surface area contributed by atoms with Crippen LogP contribution in [0.4, 0.5) is 5.82 Å². The van der Waals surface area contributed by atoms with E-state index in [1.54, 1.807) is 11.3 Å². The van der Waals surface area contributed by atoms with E-state index in [2.05, 4.69) is 18.1 Å². The van der Waals surface area contributed by atoms with E-state index in [-0.39, 0.29) is 5.91 Å². The second-order valence-electron chi connectivity index (χ2n) is 5.81. The number of nitrogen functional groups attached to an aromatic ring is 1. The van der Waals surface area contributed by atoms with Crippen LogP contribution in [0.2, 0.25) is 0 Å². The molecule has 2 N–H and O–H groups in total. The van der Waals surface area contributed by atoms with Gasteiger partial charge in [-0.25, -0.2) is 0 Å². The van der Waals surface area contributed by atoms with Crippen LogP contribution in [-0.2, 0) is 12.8 Å². The number of carbonyl (C=O) groups excluding carboxylic acids is 1. The van der Waals surface area contributed by atoms with E-state index in [9.17, 15) is 4.79 Å². The number of carbonyl (C=O) groups is 1. The van der Waals surface area contributed by atoms with Crippen LogP contribution in [0.3, 0.4) is 0 Å². The molecule has 4 nitrogen and oxygen atoms in total. The van der Waals surface area contributed by atoms with Gasteiger partial charge >= 0.3 is 0 Å². The molecule has 0 spiro atoms. The van der Waals surface area contributed by atoms with Gasteiger partial charge in [-0.1, -0.05) is 6.07 Å². The molecule has 0 atom stereocenters. The molecule has 2 aromatic heterocycles. The largest absolute Gasteiger partial charge is 0.383 e. The average molecular weight is 311 g/mol. The van der Waals surface area contributed by atoms with Gasteiger partial charge in [0, 0.05) is 20.5 Å². The van der Waals surface area contributed by atoms with Crippen molar-refractivity contribution >= 4 is 33.1 Å². The summed E-state index contributed by atoms with van der Waals surface area (Å²) < 4.78 is 2.52. The minimum Gasteiger partial charge on any atom is -0.383 e. The Morgan fingerprint density at radius 3 is 2.95 bits per heavy atom. The van der Waals surface area contributed by atoms with Gasteiger partial charge in [0.1, 0.15) is 5.82 Å². The van der Waals surface area contributed by atoms with Crippen molar-refractivity contribution in [2.24, 2.45) is 0 Å². The third-order valence-electron chi connectivity index (χ3n) is 4.30. The lowest BCUT2D eigenvalue weighted by Crippen LogP contribution is -2.16. The van der Waals surface area contributed by atoms with Crippen LogP contribution in [0, 0.1) is 6.92 Å². The first-order chi connectivity index (χ1) is 10.6. The van der Waals surface area contributed by atoms with Crippen LogP contribution >= 0.6 is 11.3 Å². The van der Waals surface area contributed by atoms with E-state index in [0.717, 1.165) is 47.0 Å². The highest BCUT2D eigenvalue weighted by Crippen LogP contribution is 2.30. The maximum absolute atomic E-state index is 12.9. The molecule has 3 aromatic rings. The minimum atomic E-state index is -0.129. The van der Waals surface area contributed by atoms with Crippen molar-refractivity contribution in [3.8, 4) is 0 Å². The minimum absolute atomic E-state index is 0.129. The number of thiophene rings is 1. The Morgan fingerprint density at radius 1 is 1.32 bits per heavy atom. The monoisotopic (exact) mass is 311 g/mol. The van der Waals surface area contributed by atoms with Gasteiger partial charge in [0.15, 0.2) is 0 Å². The highest BCUT2D eigenvalue weighted by Gasteiger charge is 2.23. The number of nitrogens with zero attached hydrogens (tertiary/aromatic N) is 2. The van der Waals surface area contributed by atoms with E-state index in [0.29, 0.717) is 11.4 Å². The first-order valence-corrected chi connectivity index (χ1v) is 8.37. The average Bonchev–Trinajstić information content (AvgIpc) is 3.06. The lowest BCUT2D eigenvalue weighted by atomic mass is 9.98. The molecule has 5 heteroatoms. The number of aryl methyl sites for hydroxylation is 2. The number of hydrogen-bond acceptors (Lipinski definition) is 4. The summed E-state index contributed by atoms with van der Waals surface area (Å²) in [6.45, 7) is 2.06. The van der Waals surface area contributed by atoms with Crippen LogP contribution < -0.4 is 5.73 Å². The van der Waals surface area contributed by atoms with Crippen molar-refractivity contribution in [2.75, 3.05) is 5.73 Å². The second kappa shape index (κ2) is 4.95. The molecule has 4 rings (SSSR count). The van der Waals surface area contributed by atoms with Crippen LogP contribution in [0.15, 0.2) is 24.3 Å². The molecule has 1 aliphatic carbocycles. The van der Waals surface area contributed by atoms with E-state index in [4.69, 9.17) is 5.73 Å². The highest BCUT2D eigenvalue weighted by molar-refractivity contribution is 7.19. The molecular weight excluding hydrogens is 294 g/mol. The molecular formula is C17H17N3OS. The van der Waals surface area contributed by atoms with Crippen LogP contribution in [0.25, 0.3) is 10.1 Å². The fraction of sp³-hybridized carbons (Fsp3) is 0.294. The number of benzene rings is 1. The zero-order valence-electron chi connectivity index (χ0n) is 12.4. The molecule has 0 radical (unpaired) electrons. The number of aromatic nitrogens is 2. The first kappa shape index (κ1) is 13.5. The zero-order chi connectivity index (χ0) is 15.3. The quantitative estimate of drug-likeness (QED) is 0.747. The predicted octanol–water partition coefficient (Wildman–Crippen LogP) is 3.56. The summed E-state index contributed by atoms with van der Waals surface area (Å²) >= 11 is 1.70. The van der Waals surface area contributed by atoms with Gasteiger partial charge < -0.3 is 5.73 Å². The van der Waals surface area contributed by atoms with E-state index in [1.165, 1.54) is 9.56 Å².